The van der Waals surface area contributed by atoms with Crippen LogP contribution in [0.1, 0.15) is 55.8 Å². The van der Waals surface area contributed by atoms with Gasteiger partial charge in [0.25, 0.3) is 0 Å². The number of hydrogen-bond donors (Lipinski definition) is 0. The molecule has 0 saturated carbocycles. The Morgan fingerprint density at radius 2 is 2.14 bits per heavy atom. The molecule has 28 heavy (non-hydrogen) atoms. The fraction of sp³-hybridized carbons (Fsp3) is 0.632. The zero-order valence-electron chi connectivity index (χ0n) is 16.8. The quantitative estimate of drug-likeness (QED) is 0.513. The number of thioether (sulfide) groups is 1. The Morgan fingerprint density at radius 3 is 2.96 bits per heavy atom. The van der Waals surface area contributed by atoms with Gasteiger partial charge in [-0.05, 0) is 53.7 Å². The summed E-state index contributed by atoms with van der Waals surface area (Å²) in [5.74, 6) is 3.38. The van der Waals surface area contributed by atoms with E-state index in [-0.39, 0.29) is 0 Å². The maximum absolute atomic E-state index is 4.48. The van der Waals surface area contributed by atoms with E-state index in [2.05, 4.69) is 50.2 Å². The van der Waals surface area contributed by atoms with E-state index in [0.717, 1.165) is 42.1 Å². The van der Waals surface area contributed by atoms with Crippen LogP contribution in [-0.2, 0) is 32.2 Å². The van der Waals surface area contributed by atoms with Crippen molar-refractivity contribution in [2.24, 2.45) is 13.0 Å². The maximum Gasteiger partial charge on any atom is 0.191 e. The minimum atomic E-state index is 0.696. The Morgan fingerprint density at radius 1 is 1.25 bits per heavy atom. The number of tetrazole rings is 1. The third kappa shape index (κ3) is 4.00. The Bertz CT molecular complexity index is 927. The highest BCUT2D eigenvalue weighted by Crippen LogP contribution is 2.38. The predicted octanol–water partition coefficient (Wildman–Crippen LogP) is 4.14. The minimum Gasteiger partial charge on any atom is -0.304 e. The zero-order valence-corrected chi connectivity index (χ0v) is 18.4. The molecule has 1 aliphatic rings. The average molecular weight is 418 g/mol. The van der Waals surface area contributed by atoms with E-state index in [1.54, 1.807) is 11.8 Å². The summed E-state index contributed by atoms with van der Waals surface area (Å²) in [5.41, 5.74) is 1.52. The van der Waals surface area contributed by atoms with Crippen LogP contribution in [-0.4, -0.2) is 35.0 Å². The minimum absolute atomic E-state index is 0.696. The third-order valence-electron chi connectivity index (χ3n) is 5.48. The molecular formula is C19H27N7S2. The third-order valence-corrected chi connectivity index (χ3v) is 7.73. The molecule has 0 N–H and O–H groups in total. The summed E-state index contributed by atoms with van der Waals surface area (Å²) in [7, 11) is 2.05. The molecule has 3 heterocycles. The SMILES string of the molecule is CCCCn1nnnc1CSc1nnc(-c2cc3c(s2)CC[C@H](CC)C3)n1C. The lowest BCUT2D eigenvalue weighted by Gasteiger charge is -2.19. The molecule has 1 atom stereocenters. The van der Waals surface area contributed by atoms with E-state index >= 15 is 0 Å². The Labute approximate surface area is 173 Å². The number of hydrogen-bond acceptors (Lipinski definition) is 7. The molecule has 0 saturated heterocycles. The largest absolute Gasteiger partial charge is 0.304 e. The van der Waals surface area contributed by atoms with Gasteiger partial charge in [0.05, 0.1) is 10.6 Å². The Hall–Kier alpha value is -1.74. The van der Waals surface area contributed by atoms with Crippen molar-refractivity contribution in [2.75, 3.05) is 0 Å². The van der Waals surface area contributed by atoms with Crippen molar-refractivity contribution in [2.45, 2.75) is 69.8 Å². The molecule has 4 rings (SSSR count). The number of aryl methyl sites for hydroxylation is 2. The van der Waals surface area contributed by atoms with Gasteiger partial charge in [-0.2, -0.15) is 0 Å². The molecule has 0 radical (unpaired) electrons. The number of aromatic nitrogens is 7. The molecule has 0 amide bonds. The highest BCUT2D eigenvalue weighted by atomic mass is 32.2. The number of rotatable bonds is 8. The van der Waals surface area contributed by atoms with Crippen LogP contribution >= 0.6 is 23.1 Å². The molecule has 0 unspecified atom stereocenters. The van der Waals surface area contributed by atoms with Crippen molar-refractivity contribution in [3.8, 4) is 10.7 Å². The van der Waals surface area contributed by atoms with Crippen LogP contribution in [0, 0.1) is 5.92 Å². The van der Waals surface area contributed by atoms with E-state index in [9.17, 15) is 0 Å². The Kier molecular flexibility index (Phi) is 6.10. The normalized spacial score (nSPS) is 16.5. The molecule has 0 spiro atoms. The van der Waals surface area contributed by atoms with Gasteiger partial charge in [0.2, 0.25) is 0 Å². The zero-order chi connectivity index (χ0) is 19.5. The molecule has 0 aromatic carbocycles. The van der Waals surface area contributed by atoms with E-state index in [0.29, 0.717) is 5.75 Å². The van der Waals surface area contributed by atoms with Gasteiger partial charge in [-0.15, -0.1) is 26.6 Å². The van der Waals surface area contributed by atoms with Crippen LogP contribution in [0.4, 0.5) is 0 Å². The molecule has 0 aliphatic heterocycles. The molecular weight excluding hydrogens is 390 g/mol. The topological polar surface area (TPSA) is 74.3 Å². The molecule has 7 nitrogen and oxygen atoms in total. The summed E-state index contributed by atoms with van der Waals surface area (Å²) < 4.78 is 3.99. The first-order valence-electron chi connectivity index (χ1n) is 10.1. The first kappa shape index (κ1) is 19.6. The van der Waals surface area contributed by atoms with Gasteiger partial charge in [-0.3, -0.25) is 0 Å². The van der Waals surface area contributed by atoms with Gasteiger partial charge in [0.1, 0.15) is 0 Å². The average Bonchev–Trinajstić information content (AvgIpc) is 3.42. The monoisotopic (exact) mass is 417 g/mol. The van der Waals surface area contributed by atoms with Gasteiger partial charge in [0, 0.05) is 18.5 Å². The van der Waals surface area contributed by atoms with Gasteiger partial charge in [0.15, 0.2) is 16.8 Å². The van der Waals surface area contributed by atoms with Crippen LogP contribution in [0.25, 0.3) is 10.7 Å². The lowest BCUT2D eigenvalue weighted by Crippen LogP contribution is -2.10. The second-order valence-electron chi connectivity index (χ2n) is 7.40. The van der Waals surface area contributed by atoms with Crippen molar-refractivity contribution in [1.82, 2.24) is 35.0 Å². The standard InChI is InChI=1S/C19H27N7S2/c1-4-6-9-26-17(20-23-24-26)12-27-19-22-21-18(25(19)3)16-11-14-10-13(5-2)7-8-15(14)28-16/h11,13H,4-10,12H2,1-3H3/t13-/m0/s1. The smallest absolute Gasteiger partial charge is 0.191 e. The summed E-state index contributed by atoms with van der Waals surface area (Å²) in [6.07, 6.45) is 7.21. The fourth-order valence-electron chi connectivity index (χ4n) is 3.65. The molecule has 3 aromatic rings. The highest BCUT2D eigenvalue weighted by Gasteiger charge is 2.22. The van der Waals surface area contributed by atoms with Crippen molar-refractivity contribution in [1.29, 1.82) is 0 Å². The molecule has 1 aliphatic carbocycles. The van der Waals surface area contributed by atoms with Crippen molar-refractivity contribution in [3.05, 3.63) is 22.3 Å². The van der Waals surface area contributed by atoms with Gasteiger partial charge in [-0.1, -0.05) is 38.5 Å². The molecule has 3 aromatic heterocycles. The number of thiophene rings is 1. The van der Waals surface area contributed by atoms with Gasteiger partial charge >= 0.3 is 0 Å². The molecule has 9 heteroatoms. The van der Waals surface area contributed by atoms with Crippen molar-refractivity contribution < 1.29 is 0 Å². The lowest BCUT2D eigenvalue weighted by molar-refractivity contribution is 0.449. The van der Waals surface area contributed by atoms with Crippen LogP contribution in [0.2, 0.25) is 0 Å². The fourth-order valence-corrected chi connectivity index (χ4v) is 5.72. The summed E-state index contributed by atoms with van der Waals surface area (Å²) in [6, 6.07) is 2.34. The van der Waals surface area contributed by atoms with Crippen LogP contribution in [0.5, 0.6) is 0 Å². The second-order valence-corrected chi connectivity index (χ2v) is 9.48. The molecule has 150 valence electrons. The number of fused-ring (bicyclic) bond motifs is 1. The maximum atomic E-state index is 4.48. The van der Waals surface area contributed by atoms with Crippen LogP contribution in [0.3, 0.4) is 0 Å². The van der Waals surface area contributed by atoms with E-state index in [1.165, 1.54) is 41.0 Å². The molecule has 0 fully saturated rings. The summed E-state index contributed by atoms with van der Waals surface area (Å²) >= 11 is 3.52. The van der Waals surface area contributed by atoms with Crippen molar-refractivity contribution >= 4 is 23.1 Å². The Balaban J connectivity index is 1.47. The number of nitrogens with zero attached hydrogens (tertiary/aromatic N) is 7. The van der Waals surface area contributed by atoms with Gasteiger partial charge in [-0.25, -0.2) is 4.68 Å². The van der Waals surface area contributed by atoms with Gasteiger partial charge < -0.3 is 4.57 Å². The molecule has 0 bridgehead atoms. The van der Waals surface area contributed by atoms with Crippen LogP contribution in [0.15, 0.2) is 11.2 Å². The van der Waals surface area contributed by atoms with E-state index in [4.69, 9.17) is 0 Å². The van der Waals surface area contributed by atoms with E-state index < -0.39 is 0 Å². The first-order valence-corrected chi connectivity index (χ1v) is 11.9. The summed E-state index contributed by atoms with van der Waals surface area (Å²) in [4.78, 5) is 2.77. The predicted molar refractivity (Wildman–Crippen MR) is 112 cm³/mol. The summed E-state index contributed by atoms with van der Waals surface area (Å²) in [6.45, 7) is 5.33. The number of unbranched alkanes of at least 4 members (excludes halogenated alkanes) is 1. The lowest BCUT2D eigenvalue weighted by atomic mass is 9.87. The van der Waals surface area contributed by atoms with Crippen molar-refractivity contribution in [3.63, 3.8) is 0 Å². The van der Waals surface area contributed by atoms with Crippen LogP contribution < -0.4 is 0 Å². The highest BCUT2D eigenvalue weighted by molar-refractivity contribution is 7.98. The second kappa shape index (κ2) is 8.73. The van der Waals surface area contributed by atoms with E-state index in [1.807, 2.05) is 23.1 Å². The first-order chi connectivity index (χ1) is 13.7. The summed E-state index contributed by atoms with van der Waals surface area (Å²) in [5, 5.41) is 21.9.